The van der Waals surface area contributed by atoms with Crippen molar-refractivity contribution in [3.05, 3.63) is 54.1 Å². The molecule has 1 aliphatic heterocycles. The Labute approximate surface area is 174 Å². The Hall–Kier alpha value is -3.01. The van der Waals surface area contributed by atoms with Gasteiger partial charge in [-0.3, -0.25) is 14.4 Å². The van der Waals surface area contributed by atoms with E-state index in [0.29, 0.717) is 0 Å². The van der Waals surface area contributed by atoms with E-state index < -0.39 is 24.5 Å². The number of amides is 3. The molecule has 3 amide bonds. The zero-order valence-electron chi connectivity index (χ0n) is 15.7. The van der Waals surface area contributed by atoms with E-state index in [2.05, 4.69) is 5.32 Å². The quantitative estimate of drug-likeness (QED) is 0.726. The van der Waals surface area contributed by atoms with Gasteiger partial charge in [-0.05, 0) is 24.3 Å². The second-order valence-corrected chi connectivity index (χ2v) is 7.46. The highest BCUT2D eigenvalue weighted by molar-refractivity contribution is 8.00. The van der Waals surface area contributed by atoms with E-state index in [0.717, 1.165) is 10.6 Å². The maximum atomic E-state index is 12.4. The van der Waals surface area contributed by atoms with Gasteiger partial charge in [0.25, 0.3) is 5.91 Å². The summed E-state index contributed by atoms with van der Waals surface area (Å²) in [6.45, 7) is -1.33. The molecular weight excluding hydrogens is 419 g/mol. The first-order chi connectivity index (χ1) is 14.2. The van der Waals surface area contributed by atoms with Crippen molar-refractivity contribution in [1.29, 1.82) is 0 Å². The minimum Gasteiger partial charge on any atom is -0.343 e. The lowest BCUT2D eigenvalue weighted by Crippen LogP contribution is -2.37. The summed E-state index contributed by atoms with van der Waals surface area (Å²) in [5.74, 6) is -1.24. The van der Waals surface area contributed by atoms with Gasteiger partial charge in [0, 0.05) is 17.9 Å². The lowest BCUT2D eigenvalue weighted by atomic mass is 10.1. The summed E-state index contributed by atoms with van der Waals surface area (Å²) in [4.78, 5) is 39.2. The standard InChI is InChI=1S/C20H18F3N3O3S/c21-20(22,23)12-24-19(29)13-5-1-2-6-14(13)25-17(27)9-10-26-15-7-3-4-8-16(15)30-11-18(26)28/h1-8H,9-12H2,(H,24,29)(H,25,27). The number of alkyl halides is 3. The number of rotatable bonds is 6. The van der Waals surface area contributed by atoms with E-state index in [4.69, 9.17) is 0 Å². The highest BCUT2D eigenvalue weighted by Crippen LogP contribution is 2.34. The SMILES string of the molecule is O=C(CCN1C(=O)CSc2ccccc21)Nc1ccccc1C(=O)NCC(F)(F)F. The molecule has 0 radical (unpaired) electrons. The van der Waals surface area contributed by atoms with Crippen LogP contribution in [0.2, 0.25) is 0 Å². The van der Waals surface area contributed by atoms with Crippen molar-refractivity contribution in [2.24, 2.45) is 0 Å². The van der Waals surface area contributed by atoms with Crippen LogP contribution in [0.1, 0.15) is 16.8 Å². The summed E-state index contributed by atoms with van der Waals surface area (Å²) in [5, 5.41) is 4.33. The smallest absolute Gasteiger partial charge is 0.343 e. The number of nitrogens with zero attached hydrogens (tertiary/aromatic N) is 1. The number of carbonyl (C=O) groups excluding carboxylic acids is 3. The van der Waals surface area contributed by atoms with E-state index in [1.165, 1.54) is 34.9 Å². The Morgan fingerprint density at radius 3 is 2.53 bits per heavy atom. The Morgan fingerprint density at radius 2 is 1.77 bits per heavy atom. The molecule has 0 atom stereocenters. The van der Waals surface area contributed by atoms with Crippen LogP contribution in [0.3, 0.4) is 0 Å². The fourth-order valence-electron chi connectivity index (χ4n) is 2.89. The summed E-state index contributed by atoms with van der Waals surface area (Å²) in [6.07, 6.45) is -4.58. The summed E-state index contributed by atoms with van der Waals surface area (Å²) < 4.78 is 37.0. The van der Waals surface area contributed by atoms with Gasteiger partial charge in [0.15, 0.2) is 0 Å². The van der Waals surface area contributed by atoms with Crippen molar-refractivity contribution in [2.75, 3.05) is 29.1 Å². The number of fused-ring (bicyclic) bond motifs is 1. The molecule has 3 rings (SSSR count). The normalized spacial score (nSPS) is 13.6. The second-order valence-electron chi connectivity index (χ2n) is 6.44. The predicted molar refractivity (Wildman–Crippen MR) is 108 cm³/mol. The Balaban J connectivity index is 1.63. The van der Waals surface area contributed by atoms with E-state index in [1.807, 2.05) is 12.1 Å². The molecule has 1 heterocycles. The van der Waals surface area contributed by atoms with Crippen molar-refractivity contribution in [1.82, 2.24) is 5.32 Å². The summed E-state index contributed by atoms with van der Waals surface area (Å²) >= 11 is 1.43. The Morgan fingerprint density at radius 1 is 1.07 bits per heavy atom. The average Bonchev–Trinajstić information content (AvgIpc) is 2.71. The molecule has 2 aromatic carbocycles. The van der Waals surface area contributed by atoms with E-state index in [9.17, 15) is 27.6 Å². The van der Waals surface area contributed by atoms with E-state index in [1.54, 1.807) is 23.5 Å². The van der Waals surface area contributed by atoms with Gasteiger partial charge in [-0.15, -0.1) is 11.8 Å². The molecule has 0 saturated carbocycles. The average molecular weight is 437 g/mol. The van der Waals surface area contributed by atoms with Crippen LogP contribution in [0.25, 0.3) is 0 Å². The zero-order valence-corrected chi connectivity index (χ0v) is 16.5. The molecule has 1 aliphatic rings. The molecule has 30 heavy (non-hydrogen) atoms. The number of para-hydroxylation sites is 2. The Bertz CT molecular complexity index is 966. The molecule has 0 unspecified atom stereocenters. The van der Waals surface area contributed by atoms with Crippen molar-refractivity contribution in [3.8, 4) is 0 Å². The molecule has 0 fully saturated rings. The minimum atomic E-state index is -4.54. The molecular formula is C20H18F3N3O3S. The van der Waals surface area contributed by atoms with Crippen LogP contribution < -0.4 is 15.5 Å². The summed E-state index contributed by atoms with van der Waals surface area (Å²) in [5.41, 5.74) is 0.757. The number of thioether (sulfide) groups is 1. The molecule has 10 heteroatoms. The lowest BCUT2D eigenvalue weighted by Gasteiger charge is -2.28. The van der Waals surface area contributed by atoms with Gasteiger partial charge in [-0.2, -0.15) is 13.2 Å². The van der Waals surface area contributed by atoms with Crippen molar-refractivity contribution < 1.29 is 27.6 Å². The molecule has 158 valence electrons. The Kier molecular flexibility index (Phi) is 6.66. The van der Waals surface area contributed by atoms with Gasteiger partial charge in [0.1, 0.15) is 6.54 Å². The second kappa shape index (κ2) is 9.21. The molecule has 0 aromatic heterocycles. The monoisotopic (exact) mass is 437 g/mol. The highest BCUT2D eigenvalue weighted by atomic mass is 32.2. The van der Waals surface area contributed by atoms with Gasteiger partial charge in [-0.1, -0.05) is 24.3 Å². The topological polar surface area (TPSA) is 78.5 Å². The van der Waals surface area contributed by atoms with Gasteiger partial charge in [0.2, 0.25) is 11.8 Å². The van der Waals surface area contributed by atoms with Crippen LogP contribution >= 0.6 is 11.8 Å². The highest BCUT2D eigenvalue weighted by Gasteiger charge is 2.28. The number of nitrogens with one attached hydrogen (secondary N) is 2. The number of hydrogen-bond acceptors (Lipinski definition) is 4. The van der Waals surface area contributed by atoms with E-state index in [-0.39, 0.29) is 35.9 Å². The van der Waals surface area contributed by atoms with Crippen molar-refractivity contribution in [3.63, 3.8) is 0 Å². The zero-order chi connectivity index (χ0) is 21.7. The van der Waals surface area contributed by atoms with Gasteiger partial charge in [-0.25, -0.2) is 0 Å². The van der Waals surface area contributed by atoms with Gasteiger partial charge < -0.3 is 15.5 Å². The number of halogens is 3. The van der Waals surface area contributed by atoms with Crippen LogP contribution in [0.15, 0.2) is 53.4 Å². The summed E-state index contributed by atoms with van der Waals surface area (Å²) in [7, 11) is 0. The third-order valence-electron chi connectivity index (χ3n) is 4.27. The molecule has 0 bridgehead atoms. The van der Waals surface area contributed by atoms with Gasteiger partial charge >= 0.3 is 6.18 Å². The number of benzene rings is 2. The lowest BCUT2D eigenvalue weighted by molar-refractivity contribution is -0.123. The van der Waals surface area contributed by atoms with Crippen LogP contribution in [0.5, 0.6) is 0 Å². The predicted octanol–water partition coefficient (Wildman–Crippen LogP) is 3.45. The van der Waals surface area contributed by atoms with Gasteiger partial charge in [0.05, 0.1) is 22.7 Å². The first kappa shape index (κ1) is 21.7. The summed E-state index contributed by atoms with van der Waals surface area (Å²) in [6, 6.07) is 13.2. The third kappa shape index (κ3) is 5.53. The maximum absolute atomic E-state index is 12.4. The van der Waals surface area contributed by atoms with Crippen molar-refractivity contribution in [2.45, 2.75) is 17.5 Å². The van der Waals surface area contributed by atoms with Crippen LogP contribution in [0, 0.1) is 0 Å². The molecule has 0 spiro atoms. The number of hydrogen-bond donors (Lipinski definition) is 2. The number of anilines is 2. The fourth-order valence-corrected chi connectivity index (χ4v) is 3.83. The molecule has 0 aliphatic carbocycles. The van der Waals surface area contributed by atoms with Crippen LogP contribution in [-0.4, -0.2) is 42.7 Å². The molecule has 0 saturated heterocycles. The molecule has 2 N–H and O–H groups in total. The van der Waals surface area contributed by atoms with E-state index >= 15 is 0 Å². The molecule has 6 nitrogen and oxygen atoms in total. The minimum absolute atomic E-state index is 0.0384. The first-order valence-electron chi connectivity index (χ1n) is 9.00. The van der Waals surface area contributed by atoms with Crippen LogP contribution in [-0.2, 0) is 9.59 Å². The third-order valence-corrected chi connectivity index (χ3v) is 5.31. The fraction of sp³-hybridized carbons (Fsp3) is 0.250. The molecule has 2 aromatic rings. The van der Waals surface area contributed by atoms with Crippen molar-refractivity contribution >= 4 is 40.9 Å². The van der Waals surface area contributed by atoms with Crippen LogP contribution in [0.4, 0.5) is 24.5 Å². The maximum Gasteiger partial charge on any atom is 0.405 e. The number of carbonyl (C=O) groups is 3. The largest absolute Gasteiger partial charge is 0.405 e. The first-order valence-corrected chi connectivity index (χ1v) is 9.99.